The number of aliphatic hydroxyl groups excluding tert-OH is 1. The molecule has 5 nitrogen and oxygen atoms in total. The number of aliphatic hydroxyl groups is 1. The molecule has 1 aliphatic rings. The Labute approximate surface area is 152 Å². The average Bonchev–Trinajstić information content (AvgIpc) is 2.51. The number of sulfone groups is 1. The van der Waals surface area contributed by atoms with E-state index >= 15 is 0 Å². The lowest BCUT2D eigenvalue weighted by Crippen LogP contribution is -2.76. The molecule has 1 fully saturated rings. The molecule has 3 atom stereocenters. The van der Waals surface area contributed by atoms with E-state index in [1.807, 2.05) is 33.9 Å². The largest absolute Gasteiger partial charge is 0.392 e. The summed E-state index contributed by atoms with van der Waals surface area (Å²) >= 11 is 0. The van der Waals surface area contributed by atoms with Gasteiger partial charge in [-0.2, -0.15) is 0 Å². The van der Waals surface area contributed by atoms with Gasteiger partial charge in [0.25, 0.3) is 0 Å². The fraction of sp³-hybridized carbons (Fsp3) is 0.611. The Bertz CT molecular complexity index is 740. The molecule has 1 N–H and O–H groups in total. The number of hydrogen-bond acceptors (Lipinski definition) is 4. The van der Waals surface area contributed by atoms with Gasteiger partial charge in [-0.15, -0.1) is 0 Å². The van der Waals surface area contributed by atoms with Crippen molar-refractivity contribution in [3.8, 4) is 0 Å². The highest BCUT2D eigenvalue weighted by Gasteiger charge is 2.63. The number of rotatable bonds is 5. The number of amides is 1. The molecule has 1 saturated heterocycles. The molecule has 1 aromatic rings. The number of benzene rings is 1. The van der Waals surface area contributed by atoms with Gasteiger partial charge in [0, 0.05) is 0 Å². The zero-order valence-electron chi connectivity index (χ0n) is 15.9. The van der Waals surface area contributed by atoms with E-state index in [0.29, 0.717) is 6.42 Å². The van der Waals surface area contributed by atoms with E-state index in [1.165, 1.54) is 0 Å². The van der Waals surface area contributed by atoms with Crippen LogP contribution in [-0.4, -0.2) is 43.7 Å². The van der Waals surface area contributed by atoms with Gasteiger partial charge >= 0.3 is 0 Å². The Morgan fingerprint density at radius 3 is 2.16 bits per heavy atom. The summed E-state index contributed by atoms with van der Waals surface area (Å²) in [6, 6.07) is 8.22. The van der Waals surface area contributed by atoms with E-state index in [4.69, 9.17) is 0 Å². The van der Waals surface area contributed by atoms with Gasteiger partial charge in [-0.25, -0.2) is 8.42 Å². The van der Waals surface area contributed by atoms with Crippen molar-refractivity contribution >= 4 is 24.0 Å². The van der Waals surface area contributed by atoms with E-state index in [9.17, 15) is 18.3 Å². The van der Waals surface area contributed by atoms with Crippen LogP contribution >= 0.6 is 0 Å². The average molecular weight is 384 g/mol. The van der Waals surface area contributed by atoms with E-state index in [0.717, 1.165) is 0 Å². The molecule has 1 amide bonds. The molecule has 140 valence electrons. The molecule has 0 bridgehead atoms. The predicted molar refractivity (Wildman–Crippen MR) is 101 cm³/mol. The second-order valence-corrected chi connectivity index (χ2v) is 15.4. The van der Waals surface area contributed by atoms with Gasteiger partial charge in [-0.1, -0.05) is 59.0 Å². The smallest absolute Gasteiger partial charge is 0.224 e. The third-order valence-electron chi connectivity index (χ3n) is 5.74. The van der Waals surface area contributed by atoms with Crippen LogP contribution in [0.4, 0.5) is 0 Å². The highest BCUT2D eigenvalue weighted by Crippen LogP contribution is 2.48. The molecule has 3 unspecified atom stereocenters. The minimum absolute atomic E-state index is 0.185. The van der Waals surface area contributed by atoms with E-state index < -0.39 is 35.5 Å². The van der Waals surface area contributed by atoms with Gasteiger partial charge in [-0.05, 0) is 23.6 Å². The quantitative estimate of drug-likeness (QED) is 0.626. The first kappa shape index (κ1) is 20.1. The minimum Gasteiger partial charge on any atom is -0.392 e. The fourth-order valence-electron chi connectivity index (χ4n) is 3.13. The lowest BCUT2D eigenvalue weighted by molar-refractivity contribution is -0.150. The summed E-state index contributed by atoms with van der Waals surface area (Å²) in [6.07, 6.45) is -0.597. The summed E-state index contributed by atoms with van der Waals surface area (Å²) in [6.45, 7) is 11.9. The van der Waals surface area contributed by atoms with Crippen molar-refractivity contribution in [2.45, 2.75) is 68.6 Å². The van der Waals surface area contributed by atoms with Crippen molar-refractivity contribution in [3.63, 3.8) is 0 Å². The Hall–Kier alpha value is -1.18. The normalized spacial score (nSPS) is 23.3. The topological polar surface area (TPSA) is 74.7 Å². The first-order chi connectivity index (χ1) is 11.4. The van der Waals surface area contributed by atoms with Gasteiger partial charge in [0.2, 0.25) is 5.91 Å². The van der Waals surface area contributed by atoms with Crippen molar-refractivity contribution < 1.29 is 18.3 Å². The molecule has 0 radical (unpaired) electrons. The summed E-state index contributed by atoms with van der Waals surface area (Å²) in [5.74, 6) is -1.12. The monoisotopic (exact) mass is 383 g/mol. The summed E-state index contributed by atoms with van der Waals surface area (Å²) in [4.78, 5) is 13.1. The van der Waals surface area contributed by atoms with Crippen LogP contribution in [0.25, 0.3) is 0 Å². The maximum atomic E-state index is 13.3. The van der Waals surface area contributed by atoms with E-state index in [-0.39, 0.29) is 15.8 Å². The SMILES string of the molecule is CCC(O)C1C(=O)N([Si](C)(C)C(C)(C)C)C1S(=O)(=O)c1ccccc1. The molecule has 0 aromatic heterocycles. The number of β-lactam (4-membered cyclic amide) rings is 1. The molecule has 1 aromatic carbocycles. The maximum absolute atomic E-state index is 13.3. The van der Waals surface area contributed by atoms with Crippen molar-refractivity contribution in [2.75, 3.05) is 0 Å². The molecule has 25 heavy (non-hydrogen) atoms. The van der Waals surface area contributed by atoms with Crippen molar-refractivity contribution in [2.24, 2.45) is 5.92 Å². The van der Waals surface area contributed by atoms with Gasteiger partial charge in [-0.3, -0.25) is 4.79 Å². The van der Waals surface area contributed by atoms with Gasteiger partial charge in [0.05, 0.1) is 16.9 Å². The van der Waals surface area contributed by atoms with Crippen LogP contribution in [0.2, 0.25) is 18.1 Å². The summed E-state index contributed by atoms with van der Waals surface area (Å²) in [5.41, 5.74) is 0. The van der Waals surface area contributed by atoms with Crippen molar-refractivity contribution in [3.05, 3.63) is 30.3 Å². The number of carbonyl (C=O) groups excluding carboxylic acids is 1. The van der Waals surface area contributed by atoms with Crippen LogP contribution in [0.5, 0.6) is 0 Å². The van der Waals surface area contributed by atoms with E-state index in [2.05, 4.69) is 0 Å². The zero-order chi connectivity index (χ0) is 19.2. The van der Waals surface area contributed by atoms with Gasteiger partial charge < -0.3 is 9.67 Å². The number of carbonyl (C=O) groups is 1. The minimum atomic E-state index is -3.75. The molecule has 2 rings (SSSR count). The van der Waals surface area contributed by atoms with Crippen LogP contribution in [0.3, 0.4) is 0 Å². The van der Waals surface area contributed by atoms with Crippen LogP contribution in [0.15, 0.2) is 35.2 Å². The third-order valence-corrected chi connectivity index (χ3v) is 13.4. The Morgan fingerprint density at radius 2 is 1.72 bits per heavy atom. The lowest BCUT2D eigenvalue weighted by atomic mass is 9.93. The molecule has 0 aliphatic carbocycles. The summed E-state index contributed by atoms with van der Waals surface area (Å²) in [5, 5.41) is 9.15. The Balaban J connectivity index is 2.57. The van der Waals surface area contributed by atoms with Crippen molar-refractivity contribution in [1.29, 1.82) is 0 Å². The molecule has 1 heterocycles. The number of hydrogen-bond donors (Lipinski definition) is 1. The Kier molecular flexibility index (Phi) is 5.25. The molecule has 0 spiro atoms. The van der Waals surface area contributed by atoms with Gasteiger partial charge in [0.1, 0.15) is 5.37 Å². The molecule has 0 saturated carbocycles. The number of nitrogens with zero attached hydrogens (tertiary/aromatic N) is 1. The lowest BCUT2D eigenvalue weighted by Gasteiger charge is -2.58. The molecule has 7 heteroatoms. The van der Waals surface area contributed by atoms with Crippen LogP contribution in [0.1, 0.15) is 34.1 Å². The zero-order valence-corrected chi connectivity index (χ0v) is 17.7. The standard InChI is InChI=1S/C18H29NO4SSi/c1-7-14(20)15-16(21)19(25(5,6)18(2,3)4)17(15)24(22,23)13-11-9-8-10-12-13/h8-12,14-15,17,20H,7H2,1-6H3. The second-order valence-electron chi connectivity index (χ2n) is 8.27. The van der Waals surface area contributed by atoms with Crippen molar-refractivity contribution in [1.82, 2.24) is 4.57 Å². The van der Waals surface area contributed by atoms with E-state index in [1.54, 1.807) is 41.8 Å². The summed E-state index contributed by atoms with van der Waals surface area (Å²) in [7, 11) is -6.15. The summed E-state index contributed by atoms with van der Waals surface area (Å²) < 4.78 is 28.2. The molecular weight excluding hydrogens is 354 g/mol. The highest BCUT2D eigenvalue weighted by atomic mass is 32.2. The van der Waals surface area contributed by atoms with Gasteiger partial charge in [0.15, 0.2) is 18.1 Å². The first-order valence-electron chi connectivity index (χ1n) is 8.67. The predicted octanol–water partition coefficient (Wildman–Crippen LogP) is 3.02. The van der Waals surface area contributed by atoms with Crippen LogP contribution in [-0.2, 0) is 14.6 Å². The second kappa shape index (κ2) is 6.52. The first-order valence-corrected chi connectivity index (χ1v) is 13.2. The Morgan fingerprint density at radius 1 is 1.20 bits per heavy atom. The third kappa shape index (κ3) is 3.17. The molecule has 1 aliphatic heterocycles. The fourth-order valence-corrected chi connectivity index (χ4v) is 8.44. The van der Waals surface area contributed by atoms with Crippen LogP contribution in [0, 0.1) is 5.92 Å². The molecular formula is C18H29NO4SSi. The van der Waals surface area contributed by atoms with Crippen LogP contribution < -0.4 is 0 Å². The maximum Gasteiger partial charge on any atom is 0.224 e. The highest BCUT2D eigenvalue weighted by molar-refractivity contribution is 7.92.